The minimum atomic E-state index is -0.194. The van der Waals surface area contributed by atoms with Crippen molar-refractivity contribution in [1.82, 2.24) is 30.4 Å². The maximum atomic E-state index is 13.1. The van der Waals surface area contributed by atoms with Crippen LogP contribution in [-0.2, 0) is 6.42 Å². The predicted molar refractivity (Wildman–Crippen MR) is 137 cm³/mol. The van der Waals surface area contributed by atoms with Crippen LogP contribution in [0.15, 0.2) is 30.5 Å². The number of rotatable bonds is 8. The van der Waals surface area contributed by atoms with Crippen LogP contribution in [0.5, 0.6) is 0 Å². The van der Waals surface area contributed by atoms with Crippen LogP contribution < -0.4 is 10.2 Å². The molecule has 0 saturated carbocycles. The first kappa shape index (κ1) is 24.3. The van der Waals surface area contributed by atoms with Crippen LogP contribution in [0.25, 0.3) is 10.9 Å². The standard InChI is InChI=1S/C26H39N7O/c1-18(2)10-11-20(16-19-17-27-22-9-7-6-8-21(19)22)28-24(34)23-29-25(31-30-23)32-12-14-33(15-13-32)26(3,4)5/h6-9,17-18,20,27H,10-16H2,1-5H3,(H,28,34)(H,29,30,31). The Hall–Kier alpha value is -2.87. The second-order valence-corrected chi connectivity index (χ2v) is 10.8. The number of H-pyrrole nitrogens is 2. The minimum absolute atomic E-state index is 0.0259. The van der Waals surface area contributed by atoms with Crippen molar-refractivity contribution in [2.75, 3.05) is 31.1 Å². The van der Waals surface area contributed by atoms with Gasteiger partial charge in [-0.05, 0) is 57.6 Å². The molecule has 1 aliphatic rings. The van der Waals surface area contributed by atoms with Crippen molar-refractivity contribution in [3.05, 3.63) is 41.9 Å². The average molecular weight is 466 g/mol. The summed E-state index contributed by atoms with van der Waals surface area (Å²) in [4.78, 5) is 24.2. The Morgan fingerprint density at radius 1 is 1.09 bits per heavy atom. The zero-order chi connectivity index (χ0) is 24.3. The number of aromatic nitrogens is 4. The first-order chi connectivity index (χ1) is 16.2. The molecule has 4 rings (SSSR count). The Bertz CT molecular complexity index is 1090. The third kappa shape index (κ3) is 5.78. The minimum Gasteiger partial charge on any atom is -0.361 e. The molecular formula is C26H39N7O. The van der Waals surface area contributed by atoms with Gasteiger partial charge >= 0.3 is 0 Å². The molecule has 1 saturated heterocycles. The molecule has 1 aliphatic heterocycles. The van der Waals surface area contributed by atoms with Crippen molar-refractivity contribution in [2.45, 2.75) is 65.5 Å². The summed E-state index contributed by atoms with van der Waals surface area (Å²) < 4.78 is 0. The third-order valence-corrected chi connectivity index (χ3v) is 6.79. The smallest absolute Gasteiger partial charge is 0.289 e. The fraction of sp³-hybridized carbons (Fsp3) is 0.577. The molecule has 3 aromatic rings. The number of nitrogens with zero attached hydrogens (tertiary/aromatic N) is 4. The Morgan fingerprint density at radius 3 is 2.53 bits per heavy atom. The summed E-state index contributed by atoms with van der Waals surface area (Å²) in [6.45, 7) is 14.8. The highest BCUT2D eigenvalue weighted by Crippen LogP contribution is 2.22. The molecule has 1 fully saturated rings. The average Bonchev–Trinajstić information content (AvgIpc) is 3.45. The molecule has 1 atom stereocenters. The molecule has 0 bridgehead atoms. The number of para-hydroxylation sites is 1. The molecule has 1 amide bonds. The van der Waals surface area contributed by atoms with E-state index in [1.54, 1.807) is 0 Å². The lowest BCUT2D eigenvalue weighted by Gasteiger charge is -2.42. The highest BCUT2D eigenvalue weighted by Gasteiger charge is 2.27. The molecule has 184 valence electrons. The van der Waals surface area contributed by atoms with Crippen molar-refractivity contribution in [3.8, 4) is 0 Å². The Labute approximate surface area is 202 Å². The number of anilines is 1. The number of carbonyl (C=O) groups is 1. The van der Waals surface area contributed by atoms with Gasteiger partial charge in [0.05, 0.1) is 0 Å². The van der Waals surface area contributed by atoms with Crippen LogP contribution in [0.3, 0.4) is 0 Å². The quantitative estimate of drug-likeness (QED) is 0.468. The van der Waals surface area contributed by atoms with Gasteiger partial charge in [-0.3, -0.25) is 9.69 Å². The zero-order valence-corrected chi connectivity index (χ0v) is 21.2. The van der Waals surface area contributed by atoms with Crippen molar-refractivity contribution in [3.63, 3.8) is 0 Å². The van der Waals surface area contributed by atoms with Gasteiger partial charge in [0.15, 0.2) is 0 Å². The van der Waals surface area contributed by atoms with Crippen molar-refractivity contribution < 1.29 is 4.79 Å². The number of benzene rings is 1. The van der Waals surface area contributed by atoms with Gasteiger partial charge in [0, 0.05) is 54.9 Å². The van der Waals surface area contributed by atoms with Gasteiger partial charge in [0.2, 0.25) is 11.8 Å². The summed E-state index contributed by atoms with van der Waals surface area (Å²) in [6.07, 6.45) is 4.80. The molecule has 1 aromatic carbocycles. The largest absolute Gasteiger partial charge is 0.361 e. The molecule has 2 aromatic heterocycles. The van der Waals surface area contributed by atoms with Crippen LogP contribution in [0.2, 0.25) is 0 Å². The van der Waals surface area contributed by atoms with Gasteiger partial charge in [0.25, 0.3) is 5.91 Å². The van der Waals surface area contributed by atoms with Crippen LogP contribution in [0.4, 0.5) is 5.95 Å². The molecule has 1 unspecified atom stereocenters. The topological polar surface area (TPSA) is 92.9 Å². The van der Waals surface area contributed by atoms with Crippen LogP contribution in [0.1, 0.15) is 63.6 Å². The van der Waals surface area contributed by atoms with Gasteiger partial charge in [0.1, 0.15) is 0 Å². The van der Waals surface area contributed by atoms with Gasteiger partial charge in [-0.15, -0.1) is 10.2 Å². The van der Waals surface area contributed by atoms with E-state index in [4.69, 9.17) is 0 Å². The number of carbonyl (C=O) groups excluding carboxylic acids is 1. The first-order valence-corrected chi connectivity index (χ1v) is 12.5. The summed E-state index contributed by atoms with van der Waals surface area (Å²) >= 11 is 0. The van der Waals surface area contributed by atoms with Crippen LogP contribution in [-0.4, -0.2) is 68.7 Å². The maximum Gasteiger partial charge on any atom is 0.289 e. The fourth-order valence-electron chi connectivity index (χ4n) is 4.67. The van der Waals surface area contributed by atoms with Gasteiger partial charge in [-0.2, -0.15) is 0 Å². The number of fused-ring (bicyclic) bond motifs is 1. The highest BCUT2D eigenvalue weighted by atomic mass is 16.2. The van der Waals surface area contributed by atoms with E-state index in [2.05, 4.69) is 94.3 Å². The van der Waals surface area contributed by atoms with Crippen molar-refractivity contribution in [2.24, 2.45) is 5.92 Å². The van der Waals surface area contributed by atoms with Gasteiger partial charge in [-0.1, -0.05) is 32.0 Å². The number of hydrogen-bond acceptors (Lipinski definition) is 5. The monoisotopic (exact) mass is 465 g/mol. The lowest BCUT2D eigenvalue weighted by Crippen LogP contribution is -2.53. The van der Waals surface area contributed by atoms with Gasteiger partial charge in [-0.25, -0.2) is 0 Å². The maximum absolute atomic E-state index is 13.1. The summed E-state index contributed by atoms with van der Waals surface area (Å²) in [5.74, 6) is 1.34. The number of aromatic amines is 2. The SMILES string of the molecule is CC(C)CCC(Cc1c[nH]c2ccccc12)NC(=O)c1nnc(N2CCN(C(C)(C)C)CC2)[nH]1. The van der Waals surface area contributed by atoms with Crippen LogP contribution in [0, 0.1) is 5.92 Å². The van der Waals surface area contributed by atoms with Crippen LogP contribution >= 0.6 is 0 Å². The highest BCUT2D eigenvalue weighted by molar-refractivity contribution is 5.91. The van der Waals surface area contributed by atoms with E-state index in [0.29, 0.717) is 11.9 Å². The van der Waals surface area contributed by atoms with E-state index in [-0.39, 0.29) is 23.3 Å². The van der Waals surface area contributed by atoms with E-state index < -0.39 is 0 Å². The molecule has 3 N–H and O–H groups in total. The molecule has 0 aliphatic carbocycles. The lowest BCUT2D eigenvalue weighted by atomic mass is 9.97. The van der Waals surface area contributed by atoms with Crippen molar-refractivity contribution in [1.29, 1.82) is 0 Å². The number of piperazine rings is 1. The first-order valence-electron chi connectivity index (χ1n) is 12.5. The van der Waals surface area contributed by atoms with E-state index in [9.17, 15) is 4.79 Å². The molecule has 34 heavy (non-hydrogen) atoms. The predicted octanol–water partition coefficient (Wildman–Crippen LogP) is 3.98. The Kier molecular flexibility index (Phi) is 7.26. The van der Waals surface area contributed by atoms with E-state index in [0.717, 1.165) is 51.0 Å². The van der Waals surface area contributed by atoms with E-state index >= 15 is 0 Å². The molecule has 0 spiro atoms. The molecule has 8 heteroatoms. The molecular weight excluding hydrogens is 426 g/mol. The lowest BCUT2D eigenvalue weighted by molar-refractivity contribution is 0.0923. The second kappa shape index (κ2) is 10.2. The third-order valence-electron chi connectivity index (χ3n) is 6.79. The summed E-state index contributed by atoms with van der Waals surface area (Å²) in [7, 11) is 0. The van der Waals surface area contributed by atoms with Crippen molar-refractivity contribution >= 4 is 22.8 Å². The number of hydrogen-bond donors (Lipinski definition) is 3. The summed E-state index contributed by atoms with van der Waals surface area (Å²) in [5.41, 5.74) is 2.51. The Morgan fingerprint density at radius 2 is 1.82 bits per heavy atom. The molecule has 3 heterocycles. The Balaban J connectivity index is 1.41. The second-order valence-electron chi connectivity index (χ2n) is 10.8. The molecule has 0 radical (unpaired) electrons. The summed E-state index contributed by atoms with van der Waals surface area (Å²) in [5, 5.41) is 12.9. The normalized spacial score (nSPS) is 16.4. The zero-order valence-electron chi connectivity index (χ0n) is 21.2. The fourth-order valence-corrected chi connectivity index (χ4v) is 4.67. The van der Waals surface area contributed by atoms with Gasteiger partial charge < -0.3 is 20.2 Å². The van der Waals surface area contributed by atoms with E-state index in [1.165, 1.54) is 10.9 Å². The molecule has 8 nitrogen and oxygen atoms in total. The summed E-state index contributed by atoms with van der Waals surface area (Å²) in [6, 6.07) is 8.32. The number of amides is 1. The number of nitrogens with one attached hydrogen (secondary N) is 3. The van der Waals surface area contributed by atoms with E-state index in [1.807, 2.05) is 6.07 Å².